The predicted molar refractivity (Wildman–Crippen MR) is 82.7 cm³/mol. The summed E-state index contributed by atoms with van der Waals surface area (Å²) in [5.74, 6) is 0. The molecule has 2 rings (SSSR count). The van der Waals surface area contributed by atoms with E-state index in [1.54, 1.807) is 20.8 Å². The van der Waals surface area contributed by atoms with Gasteiger partial charge < -0.3 is 4.74 Å². The number of amides is 1. The molecule has 0 radical (unpaired) electrons. The van der Waals surface area contributed by atoms with E-state index in [2.05, 4.69) is 10.4 Å². The van der Waals surface area contributed by atoms with Gasteiger partial charge in [-0.3, -0.25) is 10.00 Å². The van der Waals surface area contributed by atoms with Crippen LogP contribution in [-0.2, 0) is 4.74 Å². The van der Waals surface area contributed by atoms with Crippen molar-refractivity contribution >= 4 is 11.8 Å². The van der Waals surface area contributed by atoms with Gasteiger partial charge in [-0.1, -0.05) is 12.1 Å². The molecule has 5 nitrogen and oxygen atoms in total. The zero-order chi connectivity index (χ0) is 18.0. The lowest BCUT2D eigenvalue weighted by atomic mass is 10.1. The van der Waals surface area contributed by atoms with Crippen molar-refractivity contribution in [1.29, 1.82) is 0 Å². The minimum atomic E-state index is -4.49. The summed E-state index contributed by atoms with van der Waals surface area (Å²) >= 11 is 0. The Hall–Kier alpha value is -2.51. The minimum Gasteiger partial charge on any atom is -0.444 e. The molecule has 0 saturated heterocycles. The molecule has 1 amide bonds. The zero-order valence-electron chi connectivity index (χ0n) is 13.5. The first-order chi connectivity index (χ1) is 11.1. The number of rotatable bonds is 3. The molecule has 0 spiro atoms. The van der Waals surface area contributed by atoms with Crippen LogP contribution in [0.15, 0.2) is 42.7 Å². The lowest BCUT2D eigenvalue weighted by Gasteiger charge is -2.22. The molecule has 0 bridgehead atoms. The van der Waals surface area contributed by atoms with Gasteiger partial charge >= 0.3 is 12.3 Å². The van der Waals surface area contributed by atoms with E-state index in [1.807, 2.05) is 0 Å². The van der Waals surface area contributed by atoms with Crippen LogP contribution in [0.25, 0.3) is 0 Å². The smallest absolute Gasteiger partial charge is 0.415 e. The van der Waals surface area contributed by atoms with Crippen molar-refractivity contribution in [3.05, 3.63) is 48.3 Å². The van der Waals surface area contributed by atoms with Crippen molar-refractivity contribution in [3.8, 4) is 0 Å². The number of nitrogens with one attached hydrogen (secondary N) is 1. The van der Waals surface area contributed by atoms with Crippen LogP contribution in [-0.4, -0.2) is 27.7 Å². The van der Waals surface area contributed by atoms with Crippen LogP contribution < -0.4 is 5.32 Å². The van der Waals surface area contributed by atoms with E-state index in [0.717, 1.165) is 4.68 Å². The molecule has 0 aliphatic rings. The first kappa shape index (κ1) is 17.8. The molecule has 2 aromatic rings. The normalized spacial score (nSPS) is 13.4. The van der Waals surface area contributed by atoms with Crippen LogP contribution in [0.2, 0.25) is 0 Å². The van der Waals surface area contributed by atoms with Crippen molar-refractivity contribution in [3.63, 3.8) is 0 Å². The fourth-order valence-corrected chi connectivity index (χ4v) is 2.10. The van der Waals surface area contributed by atoms with Crippen LogP contribution in [0.3, 0.4) is 0 Å². The van der Waals surface area contributed by atoms with Gasteiger partial charge in [-0.05, 0) is 44.5 Å². The highest BCUT2D eigenvalue weighted by Gasteiger charge is 2.42. The highest BCUT2D eigenvalue weighted by Crippen LogP contribution is 2.35. The fourth-order valence-electron chi connectivity index (χ4n) is 2.10. The number of carbonyl (C=O) groups excluding carboxylic acids is 1. The third-order valence-corrected chi connectivity index (χ3v) is 2.97. The van der Waals surface area contributed by atoms with Crippen LogP contribution in [0.5, 0.6) is 0 Å². The largest absolute Gasteiger partial charge is 0.444 e. The Morgan fingerprint density at radius 3 is 2.29 bits per heavy atom. The second-order valence-electron chi connectivity index (χ2n) is 6.18. The second kappa shape index (κ2) is 6.54. The van der Waals surface area contributed by atoms with Crippen LogP contribution in [0.1, 0.15) is 32.4 Å². The lowest BCUT2D eigenvalue weighted by Crippen LogP contribution is -2.28. The van der Waals surface area contributed by atoms with Crippen molar-refractivity contribution in [1.82, 2.24) is 9.78 Å². The highest BCUT2D eigenvalue weighted by molar-refractivity contribution is 5.84. The summed E-state index contributed by atoms with van der Waals surface area (Å²) in [6.45, 7) is 5.15. The van der Waals surface area contributed by atoms with E-state index in [1.165, 1.54) is 42.7 Å². The van der Waals surface area contributed by atoms with E-state index in [9.17, 15) is 18.0 Å². The van der Waals surface area contributed by atoms with Crippen molar-refractivity contribution < 1.29 is 22.7 Å². The summed E-state index contributed by atoms with van der Waals surface area (Å²) in [5, 5.41) is 6.15. The Morgan fingerprint density at radius 1 is 1.21 bits per heavy atom. The van der Waals surface area contributed by atoms with Gasteiger partial charge in [-0.25, -0.2) is 4.79 Å². The van der Waals surface area contributed by atoms with Crippen molar-refractivity contribution in [2.45, 2.75) is 38.6 Å². The lowest BCUT2D eigenvalue weighted by molar-refractivity contribution is -0.159. The quantitative estimate of drug-likeness (QED) is 0.901. The fraction of sp³-hybridized carbons (Fsp3) is 0.375. The average Bonchev–Trinajstić information content (AvgIpc) is 2.90. The summed E-state index contributed by atoms with van der Waals surface area (Å²) in [7, 11) is 0. The van der Waals surface area contributed by atoms with Crippen LogP contribution >= 0.6 is 0 Å². The summed E-state index contributed by atoms with van der Waals surface area (Å²) in [4.78, 5) is 11.7. The van der Waals surface area contributed by atoms with E-state index >= 15 is 0 Å². The Bertz CT molecular complexity index is 674. The van der Waals surface area contributed by atoms with Crippen LogP contribution in [0, 0.1) is 0 Å². The molecule has 1 aromatic carbocycles. The van der Waals surface area contributed by atoms with Gasteiger partial charge in [0.1, 0.15) is 5.60 Å². The number of ether oxygens (including phenoxy) is 1. The Balaban J connectivity index is 2.17. The predicted octanol–water partition coefficient (Wildman–Crippen LogP) is 4.38. The number of aromatic nitrogens is 2. The number of benzene rings is 1. The Labute approximate surface area is 137 Å². The maximum absolute atomic E-state index is 13.3. The molecule has 130 valence electrons. The Morgan fingerprint density at radius 2 is 1.83 bits per heavy atom. The zero-order valence-corrected chi connectivity index (χ0v) is 13.5. The minimum absolute atomic E-state index is 0.0148. The molecule has 1 atom stereocenters. The van der Waals surface area contributed by atoms with E-state index in [4.69, 9.17) is 4.74 Å². The first-order valence-electron chi connectivity index (χ1n) is 7.22. The van der Waals surface area contributed by atoms with Gasteiger partial charge in [-0.2, -0.15) is 18.3 Å². The molecule has 1 aromatic heterocycles. The standard InChI is InChI=1S/C16H18F3N3O2/c1-15(2,3)24-14(23)21-12-7-5-11(6-8-12)13(16(17,18)19)22-10-4-9-20-22/h4-10,13H,1-3H3,(H,21,23). The molecule has 0 aliphatic heterocycles. The molecule has 0 saturated carbocycles. The third-order valence-electron chi connectivity index (χ3n) is 2.97. The topological polar surface area (TPSA) is 56.1 Å². The van der Waals surface area contributed by atoms with Crippen molar-refractivity contribution in [2.24, 2.45) is 0 Å². The number of hydrogen-bond donors (Lipinski definition) is 1. The van der Waals surface area contributed by atoms with Gasteiger partial charge in [-0.15, -0.1) is 0 Å². The number of hydrogen-bond acceptors (Lipinski definition) is 3. The van der Waals surface area contributed by atoms with E-state index in [0.29, 0.717) is 5.69 Å². The molecular weight excluding hydrogens is 323 g/mol. The number of halogens is 3. The summed E-state index contributed by atoms with van der Waals surface area (Å²) in [5.41, 5.74) is -0.304. The maximum Gasteiger partial charge on any atom is 0.415 e. The van der Waals surface area contributed by atoms with Crippen LogP contribution in [0.4, 0.5) is 23.7 Å². The first-order valence-corrected chi connectivity index (χ1v) is 7.22. The maximum atomic E-state index is 13.3. The third kappa shape index (κ3) is 4.74. The second-order valence-corrected chi connectivity index (χ2v) is 6.18. The summed E-state index contributed by atoms with van der Waals surface area (Å²) < 4.78 is 45.9. The number of nitrogens with zero attached hydrogens (tertiary/aromatic N) is 2. The molecule has 0 fully saturated rings. The highest BCUT2D eigenvalue weighted by atomic mass is 19.4. The number of carbonyl (C=O) groups is 1. The van der Waals surface area contributed by atoms with Crippen molar-refractivity contribution in [2.75, 3.05) is 5.32 Å². The summed E-state index contributed by atoms with van der Waals surface area (Å²) in [6.07, 6.45) is -2.62. The molecule has 1 heterocycles. The number of anilines is 1. The molecule has 1 unspecified atom stereocenters. The van der Waals surface area contributed by atoms with Gasteiger partial charge in [0.05, 0.1) is 0 Å². The SMILES string of the molecule is CC(C)(C)OC(=O)Nc1ccc(C(n2cccn2)C(F)(F)F)cc1. The summed E-state index contributed by atoms with van der Waals surface area (Å²) in [6, 6.07) is 4.92. The molecule has 0 aliphatic carbocycles. The van der Waals surface area contributed by atoms with E-state index in [-0.39, 0.29) is 5.56 Å². The van der Waals surface area contributed by atoms with Gasteiger partial charge in [0.25, 0.3) is 0 Å². The molecular formula is C16H18F3N3O2. The monoisotopic (exact) mass is 341 g/mol. The Kier molecular flexibility index (Phi) is 4.86. The number of alkyl halides is 3. The molecule has 1 N–H and O–H groups in total. The van der Waals surface area contributed by atoms with Gasteiger partial charge in [0.15, 0.2) is 6.04 Å². The average molecular weight is 341 g/mol. The molecule has 24 heavy (non-hydrogen) atoms. The van der Waals surface area contributed by atoms with E-state index < -0.39 is 23.9 Å². The molecule has 8 heteroatoms. The van der Waals surface area contributed by atoms with Gasteiger partial charge in [0, 0.05) is 18.1 Å². The van der Waals surface area contributed by atoms with Gasteiger partial charge in [0.2, 0.25) is 0 Å².